The summed E-state index contributed by atoms with van der Waals surface area (Å²) in [6.45, 7) is 4.00. The molecule has 0 aliphatic carbocycles. The minimum absolute atomic E-state index is 0.389. The van der Waals surface area contributed by atoms with Crippen LogP contribution in [0.1, 0.15) is 30.7 Å². The van der Waals surface area contributed by atoms with Gasteiger partial charge < -0.3 is 28.2 Å². The Morgan fingerprint density at radius 2 is 1.68 bits per heavy atom. The topological polar surface area (TPSA) is 71.7 Å². The zero-order valence-corrected chi connectivity index (χ0v) is 18.4. The molecular weight excluding hydrogens is 398 g/mol. The van der Waals surface area contributed by atoms with Gasteiger partial charge in [0, 0.05) is 11.5 Å². The summed E-state index contributed by atoms with van der Waals surface area (Å²) in [5, 5.41) is 5.09. The van der Waals surface area contributed by atoms with Crippen LogP contribution in [0.3, 0.4) is 0 Å². The maximum absolute atomic E-state index is 6.10. The van der Waals surface area contributed by atoms with E-state index in [1.807, 2.05) is 50.3 Å². The minimum Gasteiger partial charge on any atom is -0.495 e. The van der Waals surface area contributed by atoms with E-state index in [-0.39, 0.29) is 5.60 Å². The lowest BCUT2D eigenvalue weighted by atomic mass is 9.97. The Labute approximate surface area is 180 Å². The van der Waals surface area contributed by atoms with Crippen LogP contribution in [0.5, 0.6) is 23.0 Å². The molecule has 1 aliphatic rings. The first-order chi connectivity index (χ1) is 14.9. The molecule has 1 aromatic heterocycles. The van der Waals surface area contributed by atoms with Crippen molar-refractivity contribution in [3.63, 3.8) is 0 Å². The highest BCUT2D eigenvalue weighted by Crippen LogP contribution is 2.41. The number of fused-ring (bicyclic) bond motifs is 2. The van der Waals surface area contributed by atoms with Crippen LogP contribution in [0.4, 0.5) is 0 Å². The SMILES string of the molecule is CO/N=C(\c1cc2cc(OC)c(OC)cc2o1)c1ccc2c(c1OC)C=CC(C)(C)O2. The van der Waals surface area contributed by atoms with Crippen molar-refractivity contribution >= 4 is 22.8 Å². The Bertz CT molecular complexity index is 1150. The minimum atomic E-state index is -0.389. The largest absolute Gasteiger partial charge is 0.495 e. The lowest BCUT2D eigenvalue weighted by Gasteiger charge is -2.29. The molecule has 1 aliphatic heterocycles. The van der Waals surface area contributed by atoms with E-state index >= 15 is 0 Å². The zero-order valence-electron chi connectivity index (χ0n) is 18.4. The average Bonchev–Trinajstić information content (AvgIpc) is 3.17. The highest BCUT2D eigenvalue weighted by Gasteiger charge is 2.27. The highest BCUT2D eigenvalue weighted by molar-refractivity contribution is 6.14. The number of hydrogen-bond acceptors (Lipinski definition) is 7. The van der Waals surface area contributed by atoms with Gasteiger partial charge in [0.2, 0.25) is 0 Å². The number of oxime groups is 1. The fourth-order valence-electron chi connectivity index (χ4n) is 3.64. The first kappa shape index (κ1) is 20.7. The van der Waals surface area contributed by atoms with Crippen molar-refractivity contribution in [1.29, 1.82) is 0 Å². The average molecular weight is 423 g/mol. The van der Waals surface area contributed by atoms with Gasteiger partial charge in [-0.05, 0) is 50.3 Å². The molecule has 0 amide bonds. The Morgan fingerprint density at radius 1 is 0.935 bits per heavy atom. The third kappa shape index (κ3) is 3.67. The van der Waals surface area contributed by atoms with E-state index in [9.17, 15) is 0 Å². The number of benzene rings is 2. The first-order valence-corrected chi connectivity index (χ1v) is 9.77. The molecule has 0 bridgehead atoms. The van der Waals surface area contributed by atoms with Crippen molar-refractivity contribution in [2.45, 2.75) is 19.4 Å². The molecule has 2 aromatic carbocycles. The van der Waals surface area contributed by atoms with Gasteiger partial charge in [-0.3, -0.25) is 0 Å². The van der Waals surface area contributed by atoms with Gasteiger partial charge in [0.05, 0.1) is 32.5 Å². The summed E-state index contributed by atoms with van der Waals surface area (Å²) >= 11 is 0. The Morgan fingerprint density at radius 3 is 2.35 bits per heavy atom. The molecule has 7 heteroatoms. The van der Waals surface area contributed by atoms with Gasteiger partial charge in [-0.2, -0.15) is 0 Å². The molecule has 2 heterocycles. The van der Waals surface area contributed by atoms with Crippen molar-refractivity contribution in [2.75, 3.05) is 28.4 Å². The fourth-order valence-corrected chi connectivity index (χ4v) is 3.64. The van der Waals surface area contributed by atoms with E-state index in [4.69, 9.17) is 28.2 Å². The summed E-state index contributed by atoms with van der Waals surface area (Å²) in [6, 6.07) is 9.31. The molecule has 3 aromatic rings. The first-order valence-electron chi connectivity index (χ1n) is 9.77. The van der Waals surface area contributed by atoms with Crippen molar-refractivity contribution in [1.82, 2.24) is 0 Å². The fraction of sp³-hybridized carbons (Fsp3) is 0.292. The monoisotopic (exact) mass is 423 g/mol. The number of methoxy groups -OCH3 is 3. The summed E-state index contributed by atoms with van der Waals surface area (Å²) in [7, 11) is 6.29. The predicted octanol–water partition coefficient (Wildman–Crippen LogP) is 5.04. The molecule has 0 saturated carbocycles. The van der Waals surface area contributed by atoms with Gasteiger partial charge in [-0.1, -0.05) is 5.16 Å². The molecule has 162 valence electrons. The lowest BCUT2D eigenvalue weighted by Crippen LogP contribution is -2.27. The van der Waals surface area contributed by atoms with Gasteiger partial charge in [0.25, 0.3) is 0 Å². The van der Waals surface area contributed by atoms with Crippen molar-refractivity contribution in [3.8, 4) is 23.0 Å². The third-order valence-corrected chi connectivity index (χ3v) is 5.08. The van der Waals surface area contributed by atoms with Crippen LogP contribution < -0.4 is 18.9 Å². The summed E-state index contributed by atoms with van der Waals surface area (Å²) in [5.74, 6) is 3.08. The second-order valence-corrected chi connectivity index (χ2v) is 7.58. The molecule has 0 N–H and O–H groups in total. The number of hydrogen-bond donors (Lipinski definition) is 0. The van der Waals surface area contributed by atoms with Crippen LogP contribution in [-0.4, -0.2) is 39.8 Å². The van der Waals surface area contributed by atoms with Gasteiger partial charge in [0.15, 0.2) is 23.0 Å². The maximum Gasteiger partial charge on any atom is 0.164 e. The van der Waals surface area contributed by atoms with Crippen molar-refractivity contribution < 1.29 is 28.2 Å². The van der Waals surface area contributed by atoms with E-state index in [1.165, 1.54) is 7.11 Å². The number of ether oxygens (including phenoxy) is 4. The molecule has 0 fully saturated rings. The number of furan rings is 1. The van der Waals surface area contributed by atoms with E-state index in [0.717, 1.165) is 16.7 Å². The standard InChI is InChI=1S/C24H25NO6/c1-24(2)10-9-15-17(31-24)8-7-16(23(15)28-5)22(25-29-6)21-12-14-11-19(26-3)20(27-4)13-18(14)30-21/h7-13H,1-6H3/b25-22-. The molecule has 4 rings (SSSR count). The Hall–Kier alpha value is -3.61. The Balaban J connectivity index is 1.86. The molecule has 0 radical (unpaired) electrons. The molecule has 0 unspecified atom stereocenters. The third-order valence-electron chi connectivity index (χ3n) is 5.08. The summed E-state index contributed by atoms with van der Waals surface area (Å²) in [6.07, 6.45) is 3.99. The predicted molar refractivity (Wildman–Crippen MR) is 119 cm³/mol. The van der Waals surface area contributed by atoms with Crippen LogP contribution >= 0.6 is 0 Å². The molecule has 31 heavy (non-hydrogen) atoms. The van der Waals surface area contributed by atoms with E-state index in [0.29, 0.717) is 39.9 Å². The summed E-state index contributed by atoms with van der Waals surface area (Å²) in [4.78, 5) is 5.15. The van der Waals surface area contributed by atoms with Crippen LogP contribution in [0.25, 0.3) is 17.0 Å². The molecule has 0 saturated heterocycles. The van der Waals surface area contributed by atoms with Gasteiger partial charge in [-0.25, -0.2) is 0 Å². The summed E-state index contributed by atoms with van der Waals surface area (Å²) < 4.78 is 28.7. The number of rotatable bonds is 6. The Kier molecular flexibility index (Phi) is 5.27. The number of nitrogens with zero attached hydrogens (tertiary/aromatic N) is 1. The second kappa shape index (κ2) is 7.91. The van der Waals surface area contributed by atoms with Crippen LogP contribution in [0, 0.1) is 0 Å². The van der Waals surface area contributed by atoms with Crippen LogP contribution in [-0.2, 0) is 4.84 Å². The molecule has 0 atom stereocenters. The van der Waals surface area contributed by atoms with Crippen LogP contribution in [0.15, 0.2) is 46.0 Å². The van der Waals surface area contributed by atoms with Crippen molar-refractivity contribution in [3.05, 3.63) is 53.3 Å². The normalized spacial score (nSPS) is 14.7. The highest BCUT2D eigenvalue weighted by atomic mass is 16.6. The molecule has 0 spiro atoms. The summed E-state index contributed by atoms with van der Waals surface area (Å²) in [5.41, 5.74) is 2.30. The zero-order chi connectivity index (χ0) is 22.2. The maximum atomic E-state index is 6.10. The van der Waals surface area contributed by atoms with Gasteiger partial charge >= 0.3 is 0 Å². The second-order valence-electron chi connectivity index (χ2n) is 7.58. The van der Waals surface area contributed by atoms with Crippen LogP contribution in [0.2, 0.25) is 0 Å². The smallest absolute Gasteiger partial charge is 0.164 e. The quantitative estimate of drug-likeness (QED) is 0.409. The molecule has 7 nitrogen and oxygen atoms in total. The van der Waals surface area contributed by atoms with Gasteiger partial charge in [0.1, 0.15) is 29.8 Å². The van der Waals surface area contributed by atoms with E-state index in [2.05, 4.69) is 5.16 Å². The van der Waals surface area contributed by atoms with E-state index in [1.54, 1.807) is 27.4 Å². The lowest BCUT2D eigenvalue weighted by molar-refractivity contribution is 0.158. The van der Waals surface area contributed by atoms with E-state index < -0.39 is 0 Å². The molecular formula is C24H25NO6. The van der Waals surface area contributed by atoms with Gasteiger partial charge in [-0.15, -0.1) is 0 Å². The van der Waals surface area contributed by atoms with Crippen molar-refractivity contribution in [2.24, 2.45) is 5.16 Å².